The van der Waals surface area contributed by atoms with Crippen LogP contribution < -0.4 is 5.32 Å². The first kappa shape index (κ1) is 17.9. The molecule has 0 spiro atoms. The van der Waals surface area contributed by atoms with Crippen molar-refractivity contribution in [3.8, 4) is 0 Å². The second kappa shape index (κ2) is 8.89. The van der Waals surface area contributed by atoms with Crippen LogP contribution >= 0.6 is 0 Å². The predicted molar refractivity (Wildman–Crippen MR) is 80.1 cm³/mol. The largest absolute Gasteiger partial charge is 0.375 e. The van der Waals surface area contributed by atoms with Crippen LogP contribution in [0.2, 0.25) is 0 Å². The molecule has 0 aromatic heterocycles. The van der Waals surface area contributed by atoms with Gasteiger partial charge in [0.2, 0.25) is 0 Å². The lowest BCUT2D eigenvalue weighted by molar-refractivity contribution is 0.00899. The van der Waals surface area contributed by atoms with E-state index < -0.39 is 0 Å². The zero-order chi connectivity index (χ0) is 14.2. The van der Waals surface area contributed by atoms with Crippen molar-refractivity contribution < 1.29 is 4.74 Å². The quantitative estimate of drug-likeness (QED) is 0.688. The van der Waals surface area contributed by atoms with E-state index in [-0.39, 0.29) is 5.54 Å². The molecule has 0 heterocycles. The number of likely N-dealkylation sites (N-methyl/N-ethyl adjacent to an activating group) is 1. The second-order valence-electron chi connectivity index (χ2n) is 6.31. The molecule has 0 aromatic carbocycles. The van der Waals surface area contributed by atoms with E-state index in [2.05, 4.69) is 58.7 Å². The molecule has 0 aliphatic rings. The summed E-state index contributed by atoms with van der Waals surface area (Å²) in [5, 5.41) is 3.53. The average molecular weight is 258 g/mol. The Morgan fingerprint density at radius 1 is 1.11 bits per heavy atom. The molecule has 1 N–H and O–H groups in total. The molecular formula is C15H34N2O. The Kier molecular flexibility index (Phi) is 8.83. The average Bonchev–Trinajstić information content (AvgIpc) is 2.26. The van der Waals surface area contributed by atoms with Crippen molar-refractivity contribution >= 4 is 0 Å². The van der Waals surface area contributed by atoms with Crippen LogP contribution in [0.4, 0.5) is 0 Å². The summed E-state index contributed by atoms with van der Waals surface area (Å²) in [6, 6.07) is 0. The third-order valence-corrected chi connectivity index (χ3v) is 3.21. The van der Waals surface area contributed by atoms with E-state index in [4.69, 9.17) is 4.74 Å². The van der Waals surface area contributed by atoms with Gasteiger partial charge in [-0.3, -0.25) is 0 Å². The van der Waals surface area contributed by atoms with Crippen molar-refractivity contribution in [2.75, 3.05) is 32.8 Å². The van der Waals surface area contributed by atoms with Gasteiger partial charge in [0.15, 0.2) is 0 Å². The highest BCUT2D eigenvalue weighted by Gasteiger charge is 2.17. The van der Waals surface area contributed by atoms with E-state index >= 15 is 0 Å². The minimum atomic E-state index is 0.162. The maximum atomic E-state index is 6.03. The highest BCUT2D eigenvalue weighted by atomic mass is 16.5. The van der Waals surface area contributed by atoms with Crippen molar-refractivity contribution in [1.82, 2.24) is 10.2 Å². The first-order valence-electron chi connectivity index (χ1n) is 7.39. The Labute approximate surface area is 114 Å². The van der Waals surface area contributed by atoms with E-state index in [0.717, 1.165) is 32.8 Å². The molecule has 110 valence electrons. The van der Waals surface area contributed by atoms with Crippen molar-refractivity contribution in [2.45, 2.75) is 60.1 Å². The first-order valence-corrected chi connectivity index (χ1v) is 7.39. The second-order valence-corrected chi connectivity index (χ2v) is 6.31. The summed E-state index contributed by atoms with van der Waals surface area (Å²) in [7, 11) is 0. The minimum Gasteiger partial charge on any atom is -0.375 e. The standard InChI is InChI=1S/C15H34N2O/c1-8-17(9-2)10-11-18-14(13(3)4)12-16-15(5,6)7/h13-14,16H,8-12H2,1-7H3. The van der Waals surface area contributed by atoms with Gasteiger partial charge in [-0.25, -0.2) is 0 Å². The van der Waals surface area contributed by atoms with Crippen molar-refractivity contribution in [2.24, 2.45) is 5.92 Å². The van der Waals surface area contributed by atoms with Gasteiger partial charge in [0.05, 0.1) is 12.7 Å². The van der Waals surface area contributed by atoms with E-state index in [1.807, 2.05) is 0 Å². The van der Waals surface area contributed by atoms with Gasteiger partial charge in [0.25, 0.3) is 0 Å². The maximum Gasteiger partial charge on any atom is 0.0723 e. The fourth-order valence-corrected chi connectivity index (χ4v) is 1.77. The molecule has 0 saturated heterocycles. The Bertz CT molecular complexity index is 195. The van der Waals surface area contributed by atoms with Gasteiger partial charge in [0.1, 0.15) is 0 Å². The number of ether oxygens (including phenoxy) is 1. The Balaban J connectivity index is 3.98. The van der Waals surface area contributed by atoms with Gasteiger partial charge in [-0.1, -0.05) is 27.7 Å². The smallest absolute Gasteiger partial charge is 0.0723 e. The molecule has 1 unspecified atom stereocenters. The summed E-state index contributed by atoms with van der Waals surface area (Å²) in [6.45, 7) is 20.4. The summed E-state index contributed by atoms with van der Waals surface area (Å²) in [5.74, 6) is 0.552. The fraction of sp³-hybridized carbons (Fsp3) is 1.00. The topological polar surface area (TPSA) is 24.5 Å². The van der Waals surface area contributed by atoms with E-state index in [0.29, 0.717) is 12.0 Å². The molecule has 0 bridgehead atoms. The molecule has 0 aliphatic heterocycles. The van der Waals surface area contributed by atoms with Crippen LogP contribution in [0.25, 0.3) is 0 Å². The number of hydrogen-bond donors (Lipinski definition) is 1. The molecule has 3 heteroatoms. The molecule has 1 atom stereocenters. The third-order valence-electron chi connectivity index (χ3n) is 3.21. The van der Waals surface area contributed by atoms with Crippen LogP contribution in [-0.2, 0) is 4.74 Å². The van der Waals surface area contributed by atoms with Gasteiger partial charge in [-0.2, -0.15) is 0 Å². The van der Waals surface area contributed by atoms with Crippen LogP contribution in [0.5, 0.6) is 0 Å². The molecule has 0 fully saturated rings. The predicted octanol–water partition coefficient (Wildman–Crippen LogP) is 2.76. The van der Waals surface area contributed by atoms with Gasteiger partial charge < -0.3 is 15.0 Å². The van der Waals surface area contributed by atoms with E-state index in [9.17, 15) is 0 Å². The number of rotatable bonds is 9. The van der Waals surface area contributed by atoms with E-state index in [1.165, 1.54) is 0 Å². The molecule has 0 rings (SSSR count). The van der Waals surface area contributed by atoms with Crippen molar-refractivity contribution in [3.05, 3.63) is 0 Å². The van der Waals surface area contributed by atoms with Crippen LogP contribution in [0.15, 0.2) is 0 Å². The number of nitrogens with zero attached hydrogens (tertiary/aromatic N) is 1. The zero-order valence-corrected chi connectivity index (χ0v) is 13.5. The summed E-state index contributed by atoms with van der Waals surface area (Å²) in [5.41, 5.74) is 0.162. The molecule has 0 saturated carbocycles. The van der Waals surface area contributed by atoms with Crippen molar-refractivity contribution in [1.29, 1.82) is 0 Å². The Morgan fingerprint density at radius 2 is 1.67 bits per heavy atom. The summed E-state index contributed by atoms with van der Waals surface area (Å²) < 4.78 is 6.03. The minimum absolute atomic E-state index is 0.162. The maximum absolute atomic E-state index is 6.03. The number of nitrogens with one attached hydrogen (secondary N) is 1. The molecule has 0 amide bonds. The summed E-state index contributed by atoms with van der Waals surface area (Å²) >= 11 is 0. The Morgan fingerprint density at radius 3 is 2.06 bits per heavy atom. The zero-order valence-electron chi connectivity index (χ0n) is 13.5. The van der Waals surface area contributed by atoms with Crippen molar-refractivity contribution in [3.63, 3.8) is 0 Å². The molecule has 0 aromatic rings. The van der Waals surface area contributed by atoms with Crippen LogP contribution in [0.1, 0.15) is 48.5 Å². The fourth-order valence-electron chi connectivity index (χ4n) is 1.77. The van der Waals surface area contributed by atoms with E-state index in [1.54, 1.807) is 0 Å². The molecule has 18 heavy (non-hydrogen) atoms. The van der Waals surface area contributed by atoms with Crippen LogP contribution in [0.3, 0.4) is 0 Å². The first-order chi connectivity index (χ1) is 8.30. The van der Waals surface area contributed by atoms with Gasteiger partial charge in [-0.15, -0.1) is 0 Å². The summed E-state index contributed by atoms with van der Waals surface area (Å²) in [4.78, 5) is 2.40. The SMILES string of the molecule is CCN(CC)CCOC(CNC(C)(C)C)C(C)C. The Hall–Kier alpha value is -0.120. The van der Waals surface area contributed by atoms with Crippen LogP contribution in [-0.4, -0.2) is 49.3 Å². The van der Waals surface area contributed by atoms with Crippen LogP contribution in [0, 0.1) is 5.92 Å². The van der Waals surface area contributed by atoms with Gasteiger partial charge in [-0.05, 0) is 39.8 Å². The third kappa shape index (κ3) is 8.90. The monoisotopic (exact) mass is 258 g/mol. The molecule has 0 aliphatic carbocycles. The van der Waals surface area contributed by atoms with Gasteiger partial charge in [0, 0.05) is 18.6 Å². The molecule has 3 nitrogen and oxygen atoms in total. The summed E-state index contributed by atoms with van der Waals surface area (Å²) in [6.07, 6.45) is 0.305. The lowest BCUT2D eigenvalue weighted by atomic mass is 10.0. The van der Waals surface area contributed by atoms with Gasteiger partial charge >= 0.3 is 0 Å². The normalized spacial score (nSPS) is 14.5. The lowest BCUT2D eigenvalue weighted by Gasteiger charge is -2.28. The highest BCUT2D eigenvalue weighted by molar-refractivity contribution is 4.75. The molecular weight excluding hydrogens is 224 g/mol. The number of hydrogen-bond acceptors (Lipinski definition) is 3. The highest BCUT2D eigenvalue weighted by Crippen LogP contribution is 2.08. The molecule has 0 radical (unpaired) electrons. The lowest BCUT2D eigenvalue weighted by Crippen LogP contribution is -2.44.